The molecule has 0 amide bonds. The van der Waals surface area contributed by atoms with Crippen molar-refractivity contribution in [3.05, 3.63) is 36.0 Å². The van der Waals surface area contributed by atoms with E-state index in [1.807, 2.05) is 13.2 Å². The maximum absolute atomic E-state index is 6.06. The molecule has 1 aliphatic carbocycles. The summed E-state index contributed by atoms with van der Waals surface area (Å²) in [5, 5.41) is 4.23. The number of nitrogens with zero attached hydrogens (tertiary/aromatic N) is 2. The van der Waals surface area contributed by atoms with Crippen LogP contribution < -0.4 is 5.73 Å². The first-order valence-corrected chi connectivity index (χ1v) is 6.14. The van der Waals surface area contributed by atoms with Crippen LogP contribution in [0.5, 0.6) is 0 Å². The van der Waals surface area contributed by atoms with Gasteiger partial charge in [-0.1, -0.05) is 30.7 Å². The van der Waals surface area contributed by atoms with Crippen molar-refractivity contribution in [3.63, 3.8) is 0 Å². The van der Waals surface area contributed by atoms with Crippen molar-refractivity contribution in [1.82, 2.24) is 9.78 Å². The monoisotopic (exact) mass is 227 g/mol. The van der Waals surface area contributed by atoms with Crippen molar-refractivity contribution in [1.29, 1.82) is 0 Å². The summed E-state index contributed by atoms with van der Waals surface area (Å²) in [7, 11) is 1.88. The minimum absolute atomic E-state index is 0.714. The molecule has 1 aromatic heterocycles. The van der Waals surface area contributed by atoms with Crippen LogP contribution in [-0.4, -0.2) is 9.78 Å². The second-order valence-electron chi connectivity index (χ2n) is 4.78. The fraction of sp³-hybridized carbons (Fsp3) is 0.357. The lowest BCUT2D eigenvalue weighted by molar-refractivity contribution is 0.420. The van der Waals surface area contributed by atoms with Crippen molar-refractivity contribution in [2.24, 2.45) is 7.05 Å². The number of anilines is 1. The molecule has 17 heavy (non-hydrogen) atoms. The van der Waals surface area contributed by atoms with Gasteiger partial charge in [0.15, 0.2) is 0 Å². The van der Waals surface area contributed by atoms with Crippen molar-refractivity contribution >= 4 is 5.82 Å². The van der Waals surface area contributed by atoms with Crippen LogP contribution >= 0.6 is 0 Å². The maximum atomic E-state index is 6.06. The number of rotatable bonds is 2. The van der Waals surface area contributed by atoms with Gasteiger partial charge in [-0.2, -0.15) is 5.10 Å². The Labute approximate surface area is 101 Å². The number of aromatic nitrogens is 2. The van der Waals surface area contributed by atoms with E-state index < -0.39 is 0 Å². The quantitative estimate of drug-likeness (QED) is 0.857. The lowest BCUT2D eigenvalue weighted by atomic mass is 9.77. The Bertz CT molecular complexity index is 538. The highest BCUT2D eigenvalue weighted by atomic mass is 15.3. The average Bonchev–Trinajstić information content (AvgIpc) is 2.59. The van der Waals surface area contributed by atoms with Crippen LogP contribution in [0, 0.1) is 0 Å². The summed E-state index contributed by atoms with van der Waals surface area (Å²) in [5.41, 5.74) is 9.81. The SMILES string of the molecule is Cn1ncc(-c2ccccc2C2CCC2)c1N. The molecule has 1 heterocycles. The van der Waals surface area contributed by atoms with E-state index in [9.17, 15) is 0 Å². The van der Waals surface area contributed by atoms with E-state index in [1.54, 1.807) is 4.68 Å². The molecular weight excluding hydrogens is 210 g/mol. The van der Waals surface area contributed by atoms with Gasteiger partial charge in [-0.25, -0.2) is 0 Å². The summed E-state index contributed by atoms with van der Waals surface area (Å²) < 4.78 is 1.73. The Morgan fingerprint density at radius 2 is 2.00 bits per heavy atom. The van der Waals surface area contributed by atoms with E-state index in [1.165, 1.54) is 30.4 Å². The summed E-state index contributed by atoms with van der Waals surface area (Å²) in [6, 6.07) is 8.57. The summed E-state index contributed by atoms with van der Waals surface area (Å²) in [5.74, 6) is 1.46. The van der Waals surface area contributed by atoms with Gasteiger partial charge in [0.05, 0.1) is 6.20 Å². The fourth-order valence-electron chi connectivity index (χ4n) is 2.47. The normalized spacial score (nSPS) is 15.8. The first kappa shape index (κ1) is 10.4. The molecule has 0 unspecified atom stereocenters. The molecule has 1 saturated carbocycles. The van der Waals surface area contributed by atoms with Crippen LogP contribution in [-0.2, 0) is 7.05 Å². The Hall–Kier alpha value is -1.77. The minimum atomic E-state index is 0.714. The van der Waals surface area contributed by atoms with E-state index in [-0.39, 0.29) is 0 Å². The molecular formula is C14H17N3. The fourth-order valence-corrected chi connectivity index (χ4v) is 2.47. The number of aryl methyl sites for hydroxylation is 1. The maximum Gasteiger partial charge on any atom is 0.129 e. The molecule has 2 N–H and O–H groups in total. The Balaban J connectivity index is 2.10. The molecule has 1 aromatic carbocycles. The number of hydrogen-bond acceptors (Lipinski definition) is 2. The summed E-state index contributed by atoms with van der Waals surface area (Å²) in [4.78, 5) is 0. The standard InChI is InChI=1S/C14H17N3/c1-17-14(15)13(9-16-17)12-8-3-2-7-11(12)10-5-4-6-10/h2-3,7-10H,4-6,15H2,1H3. The summed E-state index contributed by atoms with van der Waals surface area (Å²) in [6.07, 6.45) is 5.82. The zero-order valence-corrected chi connectivity index (χ0v) is 10.1. The van der Waals surface area contributed by atoms with Gasteiger partial charge in [0.1, 0.15) is 5.82 Å². The van der Waals surface area contributed by atoms with Crippen LogP contribution in [0.4, 0.5) is 5.82 Å². The number of hydrogen-bond donors (Lipinski definition) is 1. The smallest absolute Gasteiger partial charge is 0.129 e. The lowest BCUT2D eigenvalue weighted by Crippen LogP contribution is -2.10. The first-order chi connectivity index (χ1) is 8.27. The molecule has 0 saturated heterocycles. The highest BCUT2D eigenvalue weighted by Gasteiger charge is 2.23. The number of nitrogens with two attached hydrogens (primary N) is 1. The Morgan fingerprint density at radius 3 is 2.59 bits per heavy atom. The van der Waals surface area contributed by atoms with Gasteiger partial charge in [0.2, 0.25) is 0 Å². The lowest BCUT2D eigenvalue weighted by Gasteiger charge is -2.27. The van der Waals surface area contributed by atoms with Crippen LogP contribution in [0.3, 0.4) is 0 Å². The van der Waals surface area contributed by atoms with Crippen molar-refractivity contribution < 1.29 is 0 Å². The Kier molecular flexibility index (Phi) is 2.39. The van der Waals surface area contributed by atoms with Crippen LogP contribution in [0.25, 0.3) is 11.1 Å². The average molecular weight is 227 g/mol. The highest BCUT2D eigenvalue weighted by Crippen LogP contribution is 2.41. The summed E-state index contributed by atoms with van der Waals surface area (Å²) in [6.45, 7) is 0. The molecule has 2 aromatic rings. The molecule has 1 fully saturated rings. The van der Waals surface area contributed by atoms with E-state index in [2.05, 4.69) is 29.4 Å². The molecule has 3 nitrogen and oxygen atoms in total. The van der Waals surface area contributed by atoms with E-state index >= 15 is 0 Å². The first-order valence-electron chi connectivity index (χ1n) is 6.14. The van der Waals surface area contributed by atoms with Crippen LogP contribution in [0.2, 0.25) is 0 Å². The largest absolute Gasteiger partial charge is 0.383 e. The van der Waals surface area contributed by atoms with Crippen molar-refractivity contribution in [3.8, 4) is 11.1 Å². The molecule has 0 spiro atoms. The van der Waals surface area contributed by atoms with Gasteiger partial charge in [-0.05, 0) is 29.9 Å². The van der Waals surface area contributed by atoms with Crippen molar-refractivity contribution in [2.45, 2.75) is 25.2 Å². The molecule has 0 aliphatic heterocycles. The third-order valence-electron chi connectivity index (χ3n) is 3.78. The molecule has 3 heteroatoms. The third kappa shape index (κ3) is 1.62. The zero-order chi connectivity index (χ0) is 11.8. The topological polar surface area (TPSA) is 43.8 Å². The molecule has 0 radical (unpaired) electrons. The molecule has 1 aliphatic rings. The van der Waals surface area contributed by atoms with Gasteiger partial charge in [0.25, 0.3) is 0 Å². The van der Waals surface area contributed by atoms with Crippen LogP contribution in [0.1, 0.15) is 30.7 Å². The van der Waals surface area contributed by atoms with Crippen LogP contribution in [0.15, 0.2) is 30.5 Å². The molecule has 3 rings (SSSR count). The predicted octanol–water partition coefficient (Wildman–Crippen LogP) is 2.94. The second kappa shape index (κ2) is 3.91. The predicted molar refractivity (Wildman–Crippen MR) is 69.6 cm³/mol. The molecule has 0 atom stereocenters. The number of benzene rings is 1. The molecule has 0 bridgehead atoms. The van der Waals surface area contributed by atoms with Gasteiger partial charge < -0.3 is 5.73 Å². The highest BCUT2D eigenvalue weighted by molar-refractivity contribution is 5.76. The van der Waals surface area contributed by atoms with Gasteiger partial charge in [-0.3, -0.25) is 4.68 Å². The van der Waals surface area contributed by atoms with E-state index in [4.69, 9.17) is 5.73 Å². The zero-order valence-electron chi connectivity index (χ0n) is 10.1. The number of nitrogen functional groups attached to an aromatic ring is 1. The van der Waals surface area contributed by atoms with E-state index in [0.29, 0.717) is 5.92 Å². The van der Waals surface area contributed by atoms with Gasteiger partial charge in [0, 0.05) is 12.6 Å². The third-order valence-corrected chi connectivity index (χ3v) is 3.78. The van der Waals surface area contributed by atoms with Gasteiger partial charge in [-0.15, -0.1) is 0 Å². The van der Waals surface area contributed by atoms with Gasteiger partial charge >= 0.3 is 0 Å². The second-order valence-corrected chi connectivity index (χ2v) is 4.78. The Morgan fingerprint density at radius 1 is 1.24 bits per heavy atom. The van der Waals surface area contributed by atoms with Crippen molar-refractivity contribution in [2.75, 3.05) is 5.73 Å². The van der Waals surface area contributed by atoms with E-state index in [0.717, 1.165) is 11.4 Å². The summed E-state index contributed by atoms with van der Waals surface area (Å²) >= 11 is 0. The molecule has 88 valence electrons. The minimum Gasteiger partial charge on any atom is -0.383 e.